The molecule has 24 heavy (non-hydrogen) atoms. The van der Waals surface area contributed by atoms with Gasteiger partial charge in [0.05, 0.1) is 31.5 Å². The molecule has 3 rings (SSSR count). The minimum absolute atomic E-state index is 0.00693. The van der Waals surface area contributed by atoms with Gasteiger partial charge in [-0.15, -0.1) is 0 Å². The van der Waals surface area contributed by atoms with Crippen molar-refractivity contribution in [2.45, 2.75) is 19.4 Å². The summed E-state index contributed by atoms with van der Waals surface area (Å²) in [4.78, 5) is 27.5. The number of benzene rings is 1. The van der Waals surface area contributed by atoms with Crippen LogP contribution in [0.25, 0.3) is 0 Å². The van der Waals surface area contributed by atoms with Crippen molar-refractivity contribution in [1.29, 1.82) is 0 Å². The standard InChI is InChI=1S/C17H18N4O3/c1-10(11-3-5-14-12(7-11)8-15(22)21-14)19-17(23)20-13-4-6-16(24-2)18-9-13/h3-7,9-10H,8H2,1-2H3,(H,21,22)(H2,19,20,23)/t10-/m1/s1. The molecule has 1 aliphatic heterocycles. The minimum atomic E-state index is -0.329. The largest absolute Gasteiger partial charge is 0.481 e. The Morgan fingerprint density at radius 1 is 1.33 bits per heavy atom. The highest BCUT2D eigenvalue weighted by Gasteiger charge is 2.19. The number of carbonyl (C=O) groups is 2. The number of urea groups is 1. The van der Waals surface area contributed by atoms with Gasteiger partial charge in [0.15, 0.2) is 0 Å². The lowest BCUT2D eigenvalue weighted by Crippen LogP contribution is -2.31. The van der Waals surface area contributed by atoms with Crippen LogP contribution in [0.1, 0.15) is 24.1 Å². The number of rotatable bonds is 4. The third-order valence-corrected chi connectivity index (χ3v) is 3.81. The summed E-state index contributed by atoms with van der Waals surface area (Å²) in [6.07, 6.45) is 1.90. The molecule has 1 aliphatic rings. The highest BCUT2D eigenvalue weighted by atomic mass is 16.5. The Morgan fingerprint density at radius 2 is 2.17 bits per heavy atom. The van der Waals surface area contributed by atoms with Gasteiger partial charge in [-0.25, -0.2) is 9.78 Å². The molecular formula is C17H18N4O3. The monoisotopic (exact) mass is 326 g/mol. The van der Waals surface area contributed by atoms with E-state index in [0.717, 1.165) is 16.8 Å². The molecule has 3 amide bonds. The number of amides is 3. The molecule has 0 saturated heterocycles. The Kier molecular flexibility index (Phi) is 4.33. The molecule has 1 atom stereocenters. The number of anilines is 2. The fourth-order valence-electron chi connectivity index (χ4n) is 2.54. The summed E-state index contributed by atoms with van der Waals surface area (Å²) in [5.74, 6) is 0.475. The van der Waals surface area contributed by atoms with E-state index in [-0.39, 0.29) is 18.0 Å². The van der Waals surface area contributed by atoms with Gasteiger partial charge in [-0.2, -0.15) is 0 Å². The van der Waals surface area contributed by atoms with Gasteiger partial charge in [0, 0.05) is 11.8 Å². The number of methoxy groups -OCH3 is 1. The molecule has 7 heteroatoms. The quantitative estimate of drug-likeness (QED) is 0.805. The maximum atomic E-state index is 12.1. The van der Waals surface area contributed by atoms with Crippen molar-refractivity contribution in [3.63, 3.8) is 0 Å². The van der Waals surface area contributed by atoms with Crippen LogP contribution in [0.2, 0.25) is 0 Å². The minimum Gasteiger partial charge on any atom is -0.481 e. The van der Waals surface area contributed by atoms with Crippen LogP contribution >= 0.6 is 0 Å². The highest BCUT2D eigenvalue weighted by Crippen LogP contribution is 2.26. The zero-order valence-electron chi connectivity index (χ0n) is 13.4. The first-order valence-electron chi connectivity index (χ1n) is 7.55. The molecule has 2 aromatic rings. The number of hydrogen-bond acceptors (Lipinski definition) is 4. The number of carbonyl (C=O) groups excluding carboxylic acids is 2. The van der Waals surface area contributed by atoms with Gasteiger partial charge >= 0.3 is 6.03 Å². The second-order valence-corrected chi connectivity index (χ2v) is 5.55. The molecule has 0 fully saturated rings. The Balaban J connectivity index is 1.61. The molecule has 2 heterocycles. The Morgan fingerprint density at radius 3 is 2.88 bits per heavy atom. The molecule has 0 radical (unpaired) electrons. The summed E-state index contributed by atoms with van der Waals surface area (Å²) in [6, 6.07) is 8.55. The second kappa shape index (κ2) is 6.57. The zero-order chi connectivity index (χ0) is 17.1. The molecule has 0 saturated carbocycles. The normalized spacial score (nSPS) is 13.7. The van der Waals surface area contributed by atoms with Crippen molar-refractivity contribution in [1.82, 2.24) is 10.3 Å². The number of nitrogens with one attached hydrogen (secondary N) is 3. The fraction of sp³-hybridized carbons (Fsp3) is 0.235. The lowest BCUT2D eigenvalue weighted by Gasteiger charge is -2.16. The predicted molar refractivity (Wildman–Crippen MR) is 90.1 cm³/mol. The summed E-state index contributed by atoms with van der Waals surface area (Å²) in [5, 5.41) is 8.37. The van der Waals surface area contributed by atoms with E-state index < -0.39 is 0 Å². The molecule has 0 aliphatic carbocycles. The first-order valence-corrected chi connectivity index (χ1v) is 7.55. The van der Waals surface area contributed by atoms with Crippen molar-refractivity contribution in [3.8, 4) is 5.88 Å². The number of pyridine rings is 1. The van der Waals surface area contributed by atoms with Crippen molar-refractivity contribution in [2.24, 2.45) is 0 Å². The topological polar surface area (TPSA) is 92.4 Å². The average Bonchev–Trinajstić information content (AvgIpc) is 2.94. The lowest BCUT2D eigenvalue weighted by atomic mass is 10.0. The Labute approximate surface area is 139 Å². The zero-order valence-corrected chi connectivity index (χ0v) is 13.4. The molecule has 1 aromatic carbocycles. The summed E-state index contributed by atoms with van der Waals surface area (Å²) in [7, 11) is 1.53. The average molecular weight is 326 g/mol. The van der Waals surface area contributed by atoms with E-state index in [4.69, 9.17) is 4.74 Å². The number of fused-ring (bicyclic) bond motifs is 1. The van der Waals surface area contributed by atoms with Crippen molar-refractivity contribution in [2.75, 3.05) is 17.7 Å². The van der Waals surface area contributed by atoms with Crippen molar-refractivity contribution in [3.05, 3.63) is 47.7 Å². The molecular weight excluding hydrogens is 308 g/mol. The van der Waals surface area contributed by atoms with Gasteiger partial charge in [0.25, 0.3) is 0 Å². The van der Waals surface area contributed by atoms with Gasteiger partial charge in [-0.3, -0.25) is 4.79 Å². The van der Waals surface area contributed by atoms with E-state index in [0.29, 0.717) is 18.0 Å². The smallest absolute Gasteiger partial charge is 0.319 e. The third-order valence-electron chi connectivity index (χ3n) is 3.81. The van der Waals surface area contributed by atoms with Gasteiger partial charge < -0.3 is 20.7 Å². The molecule has 0 spiro atoms. The fourth-order valence-corrected chi connectivity index (χ4v) is 2.54. The van der Waals surface area contributed by atoms with E-state index >= 15 is 0 Å². The maximum Gasteiger partial charge on any atom is 0.319 e. The maximum absolute atomic E-state index is 12.1. The summed E-state index contributed by atoms with van der Waals surface area (Å²) in [5.41, 5.74) is 3.30. The van der Waals surface area contributed by atoms with Gasteiger partial charge in [0.1, 0.15) is 0 Å². The highest BCUT2D eigenvalue weighted by molar-refractivity contribution is 5.99. The predicted octanol–water partition coefficient (Wildman–Crippen LogP) is 2.47. The number of nitrogens with zero attached hydrogens (tertiary/aromatic N) is 1. The summed E-state index contributed by atoms with van der Waals surface area (Å²) in [6.45, 7) is 1.89. The van der Waals surface area contributed by atoms with E-state index in [1.807, 2.05) is 25.1 Å². The Hall–Kier alpha value is -3.09. The Bertz CT molecular complexity index is 774. The first-order chi connectivity index (χ1) is 11.5. The SMILES string of the molecule is COc1ccc(NC(=O)N[C@H](C)c2ccc3c(c2)CC(=O)N3)cn1. The van der Waals surface area contributed by atoms with Crippen LogP contribution in [0.5, 0.6) is 5.88 Å². The van der Waals surface area contributed by atoms with Crippen LogP contribution in [0.4, 0.5) is 16.2 Å². The van der Waals surface area contributed by atoms with Crippen molar-refractivity contribution >= 4 is 23.3 Å². The van der Waals surface area contributed by atoms with Crippen LogP contribution < -0.4 is 20.7 Å². The van der Waals surface area contributed by atoms with Crippen LogP contribution in [-0.4, -0.2) is 24.0 Å². The van der Waals surface area contributed by atoms with E-state index in [9.17, 15) is 9.59 Å². The van der Waals surface area contributed by atoms with Crippen LogP contribution in [0.15, 0.2) is 36.5 Å². The van der Waals surface area contributed by atoms with E-state index in [2.05, 4.69) is 20.9 Å². The van der Waals surface area contributed by atoms with Crippen LogP contribution in [0, 0.1) is 0 Å². The van der Waals surface area contributed by atoms with Crippen LogP contribution in [-0.2, 0) is 11.2 Å². The number of aromatic nitrogens is 1. The lowest BCUT2D eigenvalue weighted by molar-refractivity contribution is -0.115. The summed E-state index contributed by atoms with van der Waals surface area (Å²) >= 11 is 0. The summed E-state index contributed by atoms with van der Waals surface area (Å²) < 4.78 is 4.97. The van der Waals surface area contributed by atoms with Gasteiger partial charge in [-0.1, -0.05) is 12.1 Å². The van der Waals surface area contributed by atoms with E-state index in [1.165, 1.54) is 13.3 Å². The first kappa shape index (κ1) is 15.8. The second-order valence-electron chi connectivity index (χ2n) is 5.55. The van der Waals surface area contributed by atoms with Gasteiger partial charge in [0.2, 0.25) is 11.8 Å². The van der Waals surface area contributed by atoms with E-state index in [1.54, 1.807) is 12.1 Å². The molecule has 0 unspecified atom stereocenters. The van der Waals surface area contributed by atoms with Crippen LogP contribution in [0.3, 0.4) is 0 Å². The number of ether oxygens (including phenoxy) is 1. The molecule has 3 N–H and O–H groups in total. The third kappa shape index (κ3) is 3.45. The molecule has 124 valence electrons. The van der Waals surface area contributed by atoms with Crippen molar-refractivity contribution < 1.29 is 14.3 Å². The van der Waals surface area contributed by atoms with Gasteiger partial charge in [-0.05, 0) is 30.2 Å². The molecule has 1 aromatic heterocycles. The molecule has 7 nitrogen and oxygen atoms in total. The number of hydrogen-bond donors (Lipinski definition) is 3. The molecule has 0 bridgehead atoms.